The van der Waals surface area contributed by atoms with Crippen molar-refractivity contribution in [3.63, 3.8) is 0 Å². The van der Waals surface area contributed by atoms with Gasteiger partial charge >= 0.3 is 6.36 Å². The third-order valence-electron chi connectivity index (χ3n) is 7.92. The standard InChI is InChI=1S/C26H25F4N3O2/c27-20-13-31-24-22(19-12-14-1-2-17(11-14)23(19)32-24)21(20)15-7-9-33(10-8-15)25(34)16-3-5-18(6-4-16)35-26(28,29)30/h3-6,13-15,17H,1-2,7-12H2,(H,31,32)/t14-,17+/m0/s1. The van der Waals surface area contributed by atoms with Crippen LogP contribution in [0.25, 0.3) is 11.0 Å². The number of alkyl halides is 3. The summed E-state index contributed by atoms with van der Waals surface area (Å²) in [4.78, 5) is 22.5. The second-order valence-corrected chi connectivity index (χ2v) is 9.98. The molecular weight excluding hydrogens is 462 g/mol. The van der Waals surface area contributed by atoms with Gasteiger partial charge in [-0.2, -0.15) is 0 Å². The zero-order valence-corrected chi connectivity index (χ0v) is 19.0. The number of amides is 1. The van der Waals surface area contributed by atoms with E-state index in [4.69, 9.17) is 0 Å². The highest BCUT2D eigenvalue weighted by molar-refractivity contribution is 5.94. The molecule has 3 heterocycles. The number of aromatic nitrogens is 2. The molecule has 1 aromatic carbocycles. The van der Waals surface area contributed by atoms with Crippen molar-refractivity contribution >= 4 is 16.9 Å². The number of aromatic amines is 1. The lowest BCUT2D eigenvalue weighted by atomic mass is 9.82. The van der Waals surface area contributed by atoms with Crippen LogP contribution in [0.15, 0.2) is 30.5 Å². The van der Waals surface area contributed by atoms with Gasteiger partial charge in [0.2, 0.25) is 0 Å². The largest absolute Gasteiger partial charge is 0.573 e. The number of piperidine rings is 1. The number of pyridine rings is 1. The van der Waals surface area contributed by atoms with Gasteiger partial charge in [0.25, 0.3) is 5.91 Å². The van der Waals surface area contributed by atoms with E-state index in [1.54, 1.807) is 4.90 Å². The number of nitrogens with zero attached hydrogens (tertiary/aromatic N) is 2. The van der Waals surface area contributed by atoms with Gasteiger partial charge in [-0.3, -0.25) is 4.79 Å². The summed E-state index contributed by atoms with van der Waals surface area (Å²) in [6.07, 6.45) is 2.31. The Morgan fingerprint density at radius 2 is 1.80 bits per heavy atom. The molecule has 35 heavy (non-hydrogen) atoms. The number of ether oxygens (including phenoxy) is 1. The minimum absolute atomic E-state index is 0.0217. The number of rotatable bonds is 3. The van der Waals surface area contributed by atoms with Gasteiger partial charge < -0.3 is 14.6 Å². The molecule has 6 rings (SSSR count). The zero-order chi connectivity index (χ0) is 24.3. The van der Waals surface area contributed by atoms with Gasteiger partial charge in [-0.1, -0.05) is 0 Å². The smallest absolute Gasteiger partial charge is 0.406 e. The molecule has 2 fully saturated rings. The Hall–Kier alpha value is -3.10. The van der Waals surface area contributed by atoms with E-state index < -0.39 is 6.36 Å². The molecule has 2 bridgehead atoms. The average Bonchev–Trinajstić information content (AvgIpc) is 3.40. The van der Waals surface area contributed by atoms with Crippen LogP contribution in [0.2, 0.25) is 0 Å². The van der Waals surface area contributed by atoms with Crippen LogP contribution >= 0.6 is 0 Å². The summed E-state index contributed by atoms with van der Waals surface area (Å²) in [5, 5.41) is 0.946. The summed E-state index contributed by atoms with van der Waals surface area (Å²) in [7, 11) is 0. The summed E-state index contributed by atoms with van der Waals surface area (Å²) in [5.74, 6) is 0.247. The van der Waals surface area contributed by atoms with E-state index in [0.29, 0.717) is 43.3 Å². The number of fused-ring (bicyclic) bond motifs is 6. The molecule has 184 valence electrons. The second-order valence-electron chi connectivity index (χ2n) is 9.98. The molecule has 2 aromatic heterocycles. The maximum atomic E-state index is 15.2. The molecule has 1 amide bonds. The third-order valence-corrected chi connectivity index (χ3v) is 7.92. The molecule has 9 heteroatoms. The SMILES string of the molecule is O=C(c1ccc(OC(F)(F)F)cc1)N1CCC(c2c(F)cnc3[nH]c4c(c23)C[C@H]2CC[C@@H]4C2)CC1. The first-order chi connectivity index (χ1) is 16.8. The number of hydrogen-bond donors (Lipinski definition) is 1. The van der Waals surface area contributed by atoms with Gasteiger partial charge in [0.05, 0.1) is 6.20 Å². The fourth-order valence-corrected chi connectivity index (χ4v) is 6.36. The third kappa shape index (κ3) is 4.04. The van der Waals surface area contributed by atoms with Crippen LogP contribution in [-0.4, -0.2) is 40.2 Å². The van der Waals surface area contributed by atoms with Crippen molar-refractivity contribution in [3.05, 3.63) is 58.7 Å². The summed E-state index contributed by atoms with van der Waals surface area (Å²) in [6, 6.07) is 4.95. The number of H-pyrrole nitrogens is 1. The molecule has 5 nitrogen and oxygen atoms in total. The Balaban J connectivity index is 1.20. The van der Waals surface area contributed by atoms with Crippen molar-refractivity contribution in [2.75, 3.05) is 13.1 Å². The first-order valence-corrected chi connectivity index (χ1v) is 12.1. The molecule has 1 saturated heterocycles. The highest BCUT2D eigenvalue weighted by atomic mass is 19.4. The van der Waals surface area contributed by atoms with Crippen LogP contribution in [0.4, 0.5) is 17.6 Å². The number of halogens is 4. The fraction of sp³-hybridized carbons (Fsp3) is 0.462. The van der Waals surface area contributed by atoms with Crippen molar-refractivity contribution in [1.29, 1.82) is 0 Å². The second kappa shape index (κ2) is 8.24. The van der Waals surface area contributed by atoms with E-state index in [9.17, 15) is 18.0 Å². The maximum Gasteiger partial charge on any atom is 0.573 e. The van der Waals surface area contributed by atoms with Gasteiger partial charge in [-0.15, -0.1) is 13.2 Å². The fourth-order valence-electron chi connectivity index (χ4n) is 6.36. The van der Waals surface area contributed by atoms with Crippen molar-refractivity contribution in [2.24, 2.45) is 5.92 Å². The molecule has 3 aliphatic rings. The van der Waals surface area contributed by atoms with E-state index in [0.717, 1.165) is 35.2 Å². The van der Waals surface area contributed by atoms with Crippen molar-refractivity contribution < 1.29 is 27.1 Å². The molecule has 0 unspecified atom stereocenters. The summed E-state index contributed by atoms with van der Waals surface area (Å²) in [6.45, 7) is 0.900. The lowest BCUT2D eigenvalue weighted by molar-refractivity contribution is -0.274. The van der Waals surface area contributed by atoms with Crippen LogP contribution in [0.5, 0.6) is 5.75 Å². The normalized spacial score (nSPS) is 22.5. The molecule has 1 saturated carbocycles. The number of hydrogen-bond acceptors (Lipinski definition) is 3. The Bertz CT molecular complexity index is 1280. The number of benzene rings is 1. The lowest BCUT2D eigenvalue weighted by Gasteiger charge is -2.33. The summed E-state index contributed by atoms with van der Waals surface area (Å²) < 4.78 is 56.2. The Morgan fingerprint density at radius 1 is 1.06 bits per heavy atom. The van der Waals surface area contributed by atoms with Crippen molar-refractivity contribution in [1.82, 2.24) is 14.9 Å². The average molecular weight is 487 g/mol. The molecule has 2 atom stereocenters. The highest BCUT2D eigenvalue weighted by Crippen LogP contribution is 2.49. The first kappa shape index (κ1) is 22.4. The van der Waals surface area contributed by atoms with Crippen LogP contribution in [0, 0.1) is 11.7 Å². The minimum atomic E-state index is -4.78. The molecule has 1 N–H and O–H groups in total. The Morgan fingerprint density at radius 3 is 2.51 bits per heavy atom. The first-order valence-electron chi connectivity index (χ1n) is 12.1. The van der Waals surface area contributed by atoms with Crippen LogP contribution in [-0.2, 0) is 6.42 Å². The molecule has 0 radical (unpaired) electrons. The zero-order valence-electron chi connectivity index (χ0n) is 19.0. The van der Waals surface area contributed by atoms with Gasteiger partial charge in [-0.25, -0.2) is 9.37 Å². The summed E-state index contributed by atoms with van der Waals surface area (Å²) >= 11 is 0. The predicted molar refractivity (Wildman–Crippen MR) is 121 cm³/mol. The minimum Gasteiger partial charge on any atom is -0.406 e. The molecule has 1 aliphatic heterocycles. The Labute approximate surface area is 199 Å². The molecule has 2 aliphatic carbocycles. The number of likely N-dealkylation sites (tertiary alicyclic amines) is 1. The van der Waals surface area contributed by atoms with Gasteiger partial charge in [-0.05, 0) is 86.1 Å². The number of carbonyl (C=O) groups is 1. The number of carbonyl (C=O) groups excluding carboxylic acids is 1. The highest BCUT2D eigenvalue weighted by Gasteiger charge is 2.37. The quantitative estimate of drug-likeness (QED) is 0.457. The molecule has 3 aromatic rings. The van der Waals surface area contributed by atoms with Gasteiger partial charge in [0.1, 0.15) is 17.2 Å². The predicted octanol–water partition coefficient (Wildman–Crippen LogP) is 6.06. The van der Waals surface area contributed by atoms with Crippen LogP contribution in [0.3, 0.4) is 0 Å². The van der Waals surface area contributed by atoms with Gasteiger partial charge in [0, 0.05) is 35.3 Å². The van der Waals surface area contributed by atoms with E-state index in [2.05, 4.69) is 14.7 Å². The topological polar surface area (TPSA) is 58.2 Å². The van der Waals surface area contributed by atoms with E-state index in [-0.39, 0.29) is 23.4 Å². The van der Waals surface area contributed by atoms with Crippen LogP contribution in [0.1, 0.15) is 71.1 Å². The van der Waals surface area contributed by atoms with Crippen molar-refractivity contribution in [2.45, 2.75) is 56.7 Å². The van der Waals surface area contributed by atoms with E-state index >= 15 is 4.39 Å². The van der Waals surface area contributed by atoms with E-state index in [1.165, 1.54) is 48.8 Å². The lowest BCUT2D eigenvalue weighted by Crippen LogP contribution is -2.38. The van der Waals surface area contributed by atoms with Gasteiger partial charge in [0.15, 0.2) is 0 Å². The van der Waals surface area contributed by atoms with Crippen molar-refractivity contribution in [3.8, 4) is 5.75 Å². The summed E-state index contributed by atoms with van der Waals surface area (Å²) in [5.41, 5.74) is 4.25. The Kier molecular flexibility index (Phi) is 5.27. The van der Waals surface area contributed by atoms with Crippen LogP contribution < -0.4 is 4.74 Å². The molecular formula is C26H25F4N3O2. The molecule has 0 spiro atoms. The monoisotopic (exact) mass is 487 g/mol. The number of nitrogens with one attached hydrogen (secondary N) is 1. The van der Waals surface area contributed by atoms with E-state index in [1.807, 2.05) is 0 Å². The maximum absolute atomic E-state index is 15.2.